The van der Waals surface area contributed by atoms with Crippen molar-refractivity contribution in [3.05, 3.63) is 47.5 Å². The van der Waals surface area contributed by atoms with E-state index in [1.54, 1.807) is 0 Å². The van der Waals surface area contributed by atoms with Crippen molar-refractivity contribution < 1.29 is 0 Å². The fourth-order valence-electron chi connectivity index (χ4n) is 1.71. The third-order valence-corrected chi connectivity index (χ3v) is 2.71. The Kier molecular flexibility index (Phi) is 3.68. The van der Waals surface area contributed by atoms with Crippen LogP contribution in [0.1, 0.15) is 49.3 Å². The predicted octanol–water partition coefficient (Wildman–Crippen LogP) is 3.97. The van der Waals surface area contributed by atoms with E-state index in [9.17, 15) is 5.26 Å². The highest BCUT2D eigenvalue weighted by Gasteiger charge is 2.13. The minimum Gasteiger partial charge on any atom is -0.192 e. The minimum atomic E-state index is 0.235. The molecule has 0 saturated carbocycles. The summed E-state index contributed by atoms with van der Waals surface area (Å²) in [5.74, 6) is 0.620. The Morgan fingerprint density at radius 2 is 1.87 bits per heavy atom. The summed E-state index contributed by atoms with van der Waals surface area (Å²) in [7, 11) is 0. The molecular formula is C14H17N. The molecular weight excluding hydrogens is 182 g/mol. The fourth-order valence-corrected chi connectivity index (χ4v) is 1.71. The smallest absolute Gasteiger partial charge is 0.0997 e. The lowest BCUT2D eigenvalue weighted by atomic mass is 9.89. The zero-order chi connectivity index (χ0) is 11.4. The number of rotatable bonds is 3. The average molecular weight is 199 g/mol. The van der Waals surface area contributed by atoms with Gasteiger partial charge in [0.05, 0.1) is 11.6 Å². The molecule has 0 aliphatic carbocycles. The van der Waals surface area contributed by atoms with E-state index in [1.807, 2.05) is 24.3 Å². The third kappa shape index (κ3) is 2.27. The van der Waals surface area contributed by atoms with Crippen molar-refractivity contribution in [2.24, 2.45) is 0 Å². The Morgan fingerprint density at radius 1 is 1.27 bits per heavy atom. The highest BCUT2D eigenvalue weighted by Crippen LogP contribution is 2.27. The van der Waals surface area contributed by atoms with E-state index in [2.05, 4.69) is 33.4 Å². The molecule has 0 spiro atoms. The van der Waals surface area contributed by atoms with Crippen molar-refractivity contribution in [2.45, 2.75) is 32.6 Å². The van der Waals surface area contributed by atoms with Crippen molar-refractivity contribution in [1.82, 2.24) is 0 Å². The van der Waals surface area contributed by atoms with E-state index in [0.29, 0.717) is 5.92 Å². The van der Waals surface area contributed by atoms with Crippen molar-refractivity contribution >= 4 is 0 Å². The molecule has 0 bridgehead atoms. The molecule has 1 unspecified atom stereocenters. The van der Waals surface area contributed by atoms with Crippen molar-refractivity contribution in [2.75, 3.05) is 0 Å². The van der Waals surface area contributed by atoms with Crippen LogP contribution in [0.2, 0.25) is 0 Å². The highest BCUT2D eigenvalue weighted by atomic mass is 14.3. The molecule has 0 aliphatic rings. The largest absolute Gasteiger partial charge is 0.192 e. The summed E-state index contributed by atoms with van der Waals surface area (Å²) in [5.41, 5.74) is 3.03. The zero-order valence-electron chi connectivity index (χ0n) is 9.62. The Labute approximate surface area is 92.1 Å². The van der Waals surface area contributed by atoms with Crippen LogP contribution in [0.3, 0.4) is 0 Å². The molecule has 1 aromatic carbocycles. The molecule has 1 aromatic rings. The van der Waals surface area contributed by atoms with Crippen LogP contribution in [0.25, 0.3) is 0 Å². The summed E-state index contributed by atoms with van der Waals surface area (Å²) in [6, 6.07) is 8.37. The third-order valence-electron chi connectivity index (χ3n) is 2.71. The van der Waals surface area contributed by atoms with Crippen LogP contribution in [0.4, 0.5) is 0 Å². The number of benzene rings is 1. The van der Waals surface area contributed by atoms with E-state index in [-0.39, 0.29) is 5.92 Å². The fraction of sp³-hybridized carbons (Fsp3) is 0.357. The van der Waals surface area contributed by atoms with Gasteiger partial charge in [-0.2, -0.15) is 5.26 Å². The van der Waals surface area contributed by atoms with Crippen molar-refractivity contribution in [3.63, 3.8) is 0 Å². The first-order valence-corrected chi connectivity index (χ1v) is 5.27. The van der Waals surface area contributed by atoms with Gasteiger partial charge in [0.15, 0.2) is 0 Å². The second-order valence-corrected chi connectivity index (χ2v) is 4.10. The van der Waals surface area contributed by atoms with Crippen LogP contribution >= 0.6 is 0 Å². The number of allylic oxidation sites excluding steroid dienone is 1. The normalized spacial score (nSPS) is 12.2. The second kappa shape index (κ2) is 4.79. The Bertz CT molecular complexity index is 396. The molecule has 15 heavy (non-hydrogen) atoms. The molecule has 78 valence electrons. The molecule has 1 heteroatoms. The van der Waals surface area contributed by atoms with Gasteiger partial charge in [0, 0.05) is 5.92 Å². The van der Waals surface area contributed by atoms with E-state index in [4.69, 9.17) is 0 Å². The molecule has 0 fully saturated rings. The standard InChI is InChI=1S/C14H17N/c1-5-11(4)13-8-6-7-12(10(2)3)14(13)9-15/h5-8,10-11H,1H2,2-4H3. The molecule has 0 aliphatic heterocycles. The summed E-state index contributed by atoms with van der Waals surface area (Å²) >= 11 is 0. The second-order valence-electron chi connectivity index (χ2n) is 4.10. The van der Waals surface area contributed by atoms with Crippen LogP contribution in [-0.2, 0) is 0 Å². The van der Waals surface area contributed by atoms with Gasteiger partial charge in [0.2, 0.25) is 0 Å². The number of hydrogen-bond donors (Lipinski definition) is 0. The maximum atomic E-state index is 9.21. The van der Waals surface area contributed by atoms with E-state index < -0.39 is 0 Å². The average Bonchev–Trinajstić information content (AvgIpc) is 2.26. The molecule has 1 rings (SSSR count). The zero-order valence-corrected chi connectivity index (χ0v) is 9.62. The molecule has 0 amide bonds. The SMILES string of the molecule is C=CC(C)c1cccc(C(C)C)c1C#N. The highest BCUT2D eigenvalue weighted by molar-refractivity contribution is 5.48. The van der Waals surface area contributed by atoms with Crippen LogP contribution in [-0.4, -0.2) is 0 Å². The molecule has 0 N–H and O–H groups in total. The van der Waals surface area contributed by atoms with Gasteiger partial charge in [-0.05, 0) is 17.0 Å². The lowest BCUT2D eigenvalue weighted by Crippen LogP contribution is -2.00. The maximum absolute atomic E-state index is 9.21. The predicted molar refractivity (Wildman–Crippen MR) is 63.9 cm³/mol. The van der Waals surface area contributed by atoms with E-state index in [1.165, 1.54) is 0 Å². The van der Waals surface area contributed by atoms with E-state index >= 15 is 0 Å². The van der Waals surface area contributed by atoms with Gasteiger partial charge in [0.25, 0.3) is 0 Å². The van der Waals surface area contributed by atoms with Crippen LogP contribution < -0.4 is 0 Å². The number of nitriles is 1. The lowest BCUT2D eigenvalue weighted by Gasteiger charge is -2.14. The first kappa shape index (κ1) is 11.5. The van der Waals surface area contributed by atoms with Gasteiger partial charge in [-0.1, -0.05) is 45.0 Å². The summed E-state index contributed by atoms with van der Waals surface area (Å²) in [6.45, 7) is 10.1. The van der Waals surface area contributed by atoms with Gasteiger partial charge in [-0.3, -0.25) is 0 Å². The Balaban J connectivity index is 3.36. The maximum Gasteiger partial charge on any atom is 0.0997 e. The van der Waals surface area contributed by atoms with Crippen LogP contribution in [0.5, 0.6) is 0 Å². The van der Waals surface area contributed by atoms with Crippen molar-refractivity contribution in [3.8, 4) is 6.07 Å². The van der Waals surface area contributed by atoms with Gasteiger partial charge in [0.1, 0.15) is 0 Å². The summed E-state index contributed by atoms with van der Waals surface area (Å²) in [4.78, 5) is 0. The minimum absolute atomic E-state index is 0.235. The van der Waals surface area contributed by atoms with E-state index in [0.717, 1.165) is 16.7 Å². The van der Waals surface area contributed by atoms with Gasteiger partial charge < -0.3 is 0 Å². The molecule has 0 heterocycles. The summed E-state index contributed by atoms with van der Waals surface area (Å²) < 4.78 is 0. The van der Waals surface area contributed by atoms with Gasteiger partial charge in [-0.15, -0.1) is 6.58 Å². The number of nitrogens with zero attached hydrogens (tertiary/aromatic N) is 1. The topological polar surface area (TPSA) is 23.8 Å². The molecule has 1 atom stereocenters. The molecule has 1 nitrogen and oxygen atoms in total. The number of hydrogen-bond acceptors (Lipinski definition) is 1. The Morgan fingerprint density at radius 3 is 2.33 bits per heavy atom. The quantitative estimate of drug-likeness (QED) is 0.676. The first-order valence-electron chi connectivity index (χ1n) is 5.27. The monoisotopic (exact) mass is 199 g/mol. The summed E-state index contributed by atoms with van der Waals surface area (Å²) in [6.07, 6.45) is 1.88. The van der Waals surface area contributed by atoms with Gasteiger partial charge >= 0.3 is 0 Å². The van der Waals surface area contributed by atoms with Crippen molar-refractivity contribution in [1.29, 1.82) is 5.26 Å². The van der Waals surface area contributed by atoms with Crippen LogP contribution in [0, 0.1) is 11.3 Å². The Hall–Kier alpha value is -1.55. The molecule has 0 saturated heterocycles. The lowest BCUT2D eigenvalue weighted by molar-refractivity contribution is 0.850. The molecule has 0 radical (unpaired) electrons. The van der Waals surface area contributed by atoms with Crippen LogP contribution in [0.15, 0.2) is 30.9 Å². The van der Waals surface area contributed by atoms with Gasteiger partial charge in [-0.25, -0.2) is 0 Å². The molecule has 0 aromatic heterocycles. The summed E-state index contributed by atoms with van der Waals surface area (Å²) in [5, 5.41) is 9.21. The first-order chi connectivity index (χ1) is 7.11.